The fourth-order valence-corrected chi connectivity index (χ4v) is 1.30. The van der Waals surface area contributed by atoms with Crippen LogP contribution in [0.1, 0.15) is 6.92 Å². The summed E-state index contributed by atoms with van der Waals surface area (Å²) in [6.07, 6.45) is 0. The average Bonchev–Trinajstić information content (AvgIpc) is 2.18. The van der Waals surface area contributed by atoms with E-state index in [1.54, 1.807) is 11.8 Å². The highest BCUT2D eigenvalue weighted by atomic mass is 35.5. The van der Waals surface area contributed by atoms with Crippen LogP contribution < -0.4 is 0 Å². The van der Waals surface area contributed by atoms with Gasteiger partial charge in [-0.05, 0) is 11.0 Å². The Bertz CT molecular complexity index is 156. The summed E-state index contributed by atoms with van der Waals surface area (Å²) < 4.78 is 0. The van der Waals surface area contributed by atoms with E-state index < -0.39 is 0 Å². The number of hydrogen-bond acceptors (Lipinski definition) is 4. The Labute approximate surface area is 62.6 Å². The lowest BCUT2D eigenvalue weighted by atomic mass is 10.7. The topological polar surface area (TPSA) is 37.1 Å². The van der Waals surface area contributed by atoms with Crippen molar-refractivity contribution >= 4 is 28.4 Å². The molecule has 1 unspecified atom stereocenters. The zero-order valence-electron chi connectivity index (χ0n) is 4.91. The second kappa shape index (κ2) is 3.17. The van der Waals surface area contributed by atoms with Gasteiger partial charge in [-0.1, -0.05) is 18.5 Å². The molecule has 50 valence electrons. The van der Waals surface area contributed by atoms with E-state index in [1.807, 2.05) is 6.92 Å². The van der Waals surface area contributed by atoms with Crippen molar-refractivity contribution in [3.63, 3.8) is 0 Å². The second-order valence-electron chi connectivity index (χ2n) is 1.41. The molecule has 1 atom stereocenters. The average molecular weight is 164 g/mol. The first kappa shape index (κ1) is 7.02. The number of nitrogens with zero attached hydrogens (tertiary/aromatic N) is 3. The monoisotopic (exact) mass is 163 g/mol. The van der Waals surface area contributed by atoms with Gasteiger partial charge in [-0.25, -0.2) is 0 Å². The third-order valence-corrected chi connectivity index (χ3v) is 2.11. The molecule has 0 aromatic rings. The van der Waals surface area contributed by atoms with Crippen molar-refractivity contribution in [1.82, 2.24) is 0 Å². The predicted octanol–water partition coefficient (Wildman–Crippen LogP) is 2.08. The molecular formula is C4H6ClN3S. The smallest absolute Gasteiger partial charge is 0.142 e. The third-order valence-electron chi connectivity index (χ3n) is 0.792. The van der Waals surface area contributed by atoms with E-state index in [1.165, 1.54) is 0 Å². The molecule has 9 heavy (non-hydrogen) atoms. The highest BCUT2D eigenvalue weighted by molar-refractivity contribution is 8.14. The first-order valence-corrected chi connectivity index (χ1v) is 4.01. The molecule has 0 aromatic heterocycles. The Morgan fingerprint density at radius 1 is 1.78 bits per heavy atom. The molecule has 0 saturated carbocycles. The van der Waals surface area contributed by atoms with Gasteiger partial charge in [0.05, 0.1) is 0 Å². The SMILES string of the molecule is CCSC1=NN=NC1Cl. The van der Waals surface area contributed by atoms with Crippen LogP contribution in [0.25, 0.3) is 0 Å². The van der Waals surface area contributed by atoms with Crippen molar-refractivity contribution in [1.29, 1.82) is 0 Å². The van der Waals surface area contributed by atoms with Gasteiger partial charge in [0.25, 0.3) is 0 Å². The Balaban J connectivity index is 2.44. The van der Waals surface area contributed by atoms with Crippen molar-refractivity contribution in [2.45, 2.75) is 12.4 Å². The first-order valence-electron chi connectivity index (χ1n) is 2.59. The van der Waals surface area contributed by atoms with E-state index in [0.29, 0.717) is 0 Å². The van der Waals surface area contributed by atoms with Gasteiger partial charge in [-0.15, -0.1) is 22.0 Å². The van der Waals surface area contributed by atoms with Crippen molar-refractivity contribution in [2.75, 3.05) is 5.75 Å². The van der Waals surface area contributed by atoms with Crippen LogP contribution >= 0.6 is 23.4 Å². The molecule has 0 spiro atoms. The molecule has 0 amide bonds. The van der Waals surface area contributed by atoms with Crippen molar-refractivity contribution < 1.29 is 0 Å². The molecule has 5 heteroatoms. The summed E-state index contributed by atoms with van der Waals surface area (Å²) in [6.45, 7) is 2.04. The van der Waals surface area contributed by atoms with Gasteiger partial charge in [-0.2, -0.15) is 0 Å². The Hall–Kier alpha value is -0.0900. The first-order chi connectivity index (χ1) is 4.34. The number of alkyl halides is 1. The number of thioether (sulfide) groups is 1. The highest BCUT2D eigenvalue weighted by Crippen LogP contribution is 2.18. The quantitative estimate of drug-likeness (QED) is 0.431. The minimum atomic E-state index is -0.324. The van der Waals surface area contributed by atoms with Crippen molar-refractivity contribution in [3.05, 3.63) is 0 Å². The predicted molar refractivity (Wildman–Crippen MR) is 40.1 cm³/mol. The normalized spacial score (nSPS) is 24.7. The maximum Gasteiger partial charge on any atom is 0.196 e. The van der Waals surface area contributed by atoms with Gasteiger partial charge in [0, 0.05) is 0 Å². The summed E-state index contributed by atoms with van der Waals surface area (Å²) >= 11 is 7.22. The van der Waals surface area contributed by atoms with E-state index in [9.17, 15) is 0 Å². The van der Waals surface area contributed by atoms with E-state index in [-0.39, 0.29) is 5.50 Å². The lowest BCUT2D eigenvalue weighted by Gasteiger charge is -1.95. The minimum absolute atomic E-state index is 0.324. The molecule has 0 saturated heterocycles. The maximum atomic E-state index is 5.64. The fraction of sp³-hybridized carbons (Fsp3) is 0.750. The van der Waals surface area contributed by atoms with Crippen LogP contribution in [0.4, 0.5) is 0 Å². The van der Waals surface area contributed by atoms with Crippen LogP contribution in [0.3, 0.4) is 0 Å². The van der Waals surface area contributed by atoms with Crippen LogP contribution in [0.5, 0.6) is 0 Å². The van der Waals surface area contributed by atoms with Crippen molar-refractivity contribution in [3.8, 4) is 0 Å². The van der Waals surface area contributed by atoms with Crippen LogP contribution in [0.15, 0.2) is 15.4 Å². The van der Waals surface area contributed by atoms with Crippen LogP contribution in [0, 0.1) is 0 Å². The van der Waals surface area contributed by atoms with E-state index >= 15 is 0 Å². The fourth-order valence-electron chi connectivity index (χ4n) is 0.458. The van der Waals surface area contributed by atoms with Gasteiger partial charge in [0.15, 0.2) is 5.50 Å². The highest BCUT2D eigenvalue weighted by Gasteiger charge is 2.15. The van der Waals surface area contributed by atoms with Gasteiger partial charge in [-0.3, -0.25) is 0 Å². The van der Waals surface area contributed by atoms with E-state index in [4.69, 9.17) is 11.6 Å². The number of rotatable bonds is 1. The molecule has 0 bridgehead atoms. The zero-order chi connectivity index (χ0) is 6.69. The molecule has 0 fully saturated rings. The summed E-state index contributed by atoms with van der Waals surface area (Å²) in [4.78, 5) is 0. The lowest BCUT2D eigenvalue weighted by molar-refractivity contribution is 1.03. The molecule has 0 aromatic carbocycles. The van der Waals surface area contributed by atoms with Crippen molar-refractivity contribution in [2.24, 2.45) is 15.4 Å². The molecule has 1 heterocycles. The number of halogens is 1. The summed E-state index contributed by atoms with van der Waals surface area (Å²) in [7, 11) is 0. The van der Waals surface area contributed by atoms with Crippen LogP contribution in [0.2, 0.25) is 0 Å². The molecule has 3 nitrogen and oxygen atoms in total. The standard InChI is InChI=1S/C4H6ClN3S/c1-2-9-4-3(5)6-8-7-4/h3H,2H2,1H3. The minimum Gasteiger partial charge on any atom is -0.142 e. The molecule has 0 radical (unpaired) electrons. The van der Waals surface area contributed by atoms with Crippen LogP contribution in [-0.4, -0.2) is 16.3 Å². The largest absolute Gasteiger partial charge is 0.196 e. The van der Waals surface area contributed by atoms with Gasteiger partial charge in [0.1, 0.15) is 5.04 Å². The molecule has 0 aliphatic carbocycles. The second-order valence-corrected chi connectivity index (χ2v) is 3.11. The molecule has 0 N–H and O–H groups in total. The molecule has 1 rings (SSSR count). The zero-order valence-corrected chi connectivity index (χ0v) is 6.48. The van der Waals surface area contributed by atoms with Gasteiger partial charge in [0.2, 0.25) is 0 Å². The third kappa shape index (κ3) is 1.66. The summed E-state index contributed by atoms with van der Waals surface area (Å²) in [6, 6.07) is 0. The number of hydrogen-bond donors (Lipinski definition) is 0. The summed E-state index contributed by atoms with van der Waals surface area (Å²) in [5.74, 6) is 0.965. The Morgan fingerprint density at radius 3 is 3.00 bits per heavy atom. The van der Waals surface area contributed by atoms with Gasteiger partial charge >= 0.3 is 0 Å². The maximum absolute atomic E-state index is 5.64. The molecular weight excluding hydrogens is 158 g/mol. The lowest BCUT2D eigenvalue weighted by Crippen LogP contribution is -2.02. The van der Waals surface area contributed by atoms with E-state index in [0.717, 1.165) is 10.8 Å². The van der Waals surface area contributed by atoms with E-state index in [2.05, 4.69) is 15.4 Å². The Morgan fingerprint density at radius 2 is 2.56 bits per heavy atom. The molecule has 1 aliphatic heterocycles. The van der Waals surface area contributed by atoms with Gasteiger partial charge < -0.3 is 0 Å². The summed E-state index contributed by atoms with van der Waals surface area (Å²) in [5.41, 5.74) is -0.324. The van der Waals surface area contributed by atoms with Crippen LogP contribution in [-0.2, 0) is 0 Å². The summed E-state index contributed by atoms with van der Waals surface area (Å²) in [5, 5.41) is 11.5. The molecule has 1 aliphatic rings. The Kier molecular flexibility index (Phi) is 2.48.